The SMILES string of the molecule is CCCCc1ccccc1C(=N)N.Cl. The monoisotopic (exact) mass is 212 g/mol. The van der Waals surface area contributed by atoms with E-state index in [1.54, 1.807) is 0 Å². The first-order valence-corrected chi connectivity index (χ1v) is 4.68. The molecular formula is C11H17ClN2. The van der Waals surface area contributed by atoms with Gasteiger partial charge in [-0.1, -0.05) is 37.6 Å². The number of nitrogen functional groups attached to an aromatic ring is 1. The van der Waals surface area contributed by atoms with E-state index in [0.29, 0.717) is 0 Å². The summed E-state index contributed by atoms with van der Waals surface area (Å²) in [6.45, 7) is 2.16. The molecule has 1 aromatic rings. The zero-order valence-electron chi connectivity index (χ0n) is 8.42. The second-order valence-corrected chi connectivity index (χ2v) is 3.17. The quantitative estimate of drug-likeness (QED) is 0.585. The number of aryl methyl sites for hydroxylation is 1. The van der Waals surface area contributed by atoms with Crippen LogP contribution in [0.25, 0.3) is 0 Å². The number of nitrogens with two attached hydrogens (primary N) is 1. The fourth-order valence-corrected chi connectivity index (χ4v) is 1.37. The van der Waals surface area contributed by atoms with Crippen LogP contribution >= 0.6 is 12.4 Å². The van der Waals surface area contributed by atoms with Crippen molar-refractivity contribution in [1.29, 1.82) is 5.41 Å². The van der Waals surface area contributed by atoms with E-state index in [2.05, 4.69) is 6.92 Å². The maximum Gasteiger partial charge on any atom is 0.123 e. The van der Waals surface area contributed by atoms with Gasteiger partial charge in [0, 0.05) is 5.56 Å². The highest BCUT2D eigenvalue weighted by Crippen LogP contribution is 2.11. The Morgan fingerprint density at radius 1 is 1.36 bits per heavy atom. The summed E-state index contributed by atoms with van der Waals surface area (Å²) in [5, 5.41) is 7.39. The van der Waals surface area contributed by atoms with E-state index < -0.39 is 0 Å². The number of nitrogens with one attached hydrogen (secondary N) is 1. The summed E-state index contributed by atoms with van der Waals surface area (Å²) < 4.78 is 0. The molecule has 0 bridgehead atoms. The Morgan fingerprint density at radius 2 is 2.00 bits per heavy atom. The third-order valence-corrected chi connectivity index (χ3v) is 2.11. The molecule has 0 saturated heterocycles. The predicted molar refractivity (Wildman–Crippen MR) is 63.3 cm³/mol. The summed E-state index contributed by atoms with van der Waals surface area (Å²) >= 11 is 0. The van der Waals surface area contributed by atoms with Gasteiger partial charge in [-0.05, 0) is 18.4 Å². The van der Waals surface area contributed by atoms with E-state index in [-0.39, 0.29) is 18.2 Å². The maximum atomic E-state index is 7.39. The summed E-state index contributed by atoms with van der Waals surface area (Å²) in [4.78, 5) is 0. The largest absolute Gasteiger partial charge is 0.384 e. The van der Waals surface area contributed by atoms with Gasteiger partial charge < -0.3 is 5.73 Å². The second-order valence-electron chi connectivity index (χ2n) is 3.17. The number of benzene rings is 1. The van der Waals surface area contributed by atoms with Crippen LogP contribution in [0.3, 0.4) is 0 Å². The van der Waals surface area contributed by atoms with Crippen LogP contribution in [0, 0.1) is 5.41 Å². The molecule has 2 nitrogen and oxygen atoms in total. The van der Waals surface area contributed by atoms with Crippen LogP contribution in [0.4, 0.5) is 0 Å². The van der Waals surface area contributed by atoms with Crippen LogP contribution in [0.15, 0.2) is 24.3 Å². The molecule has 0 aliphatic heterocycles. The molecule has 1 aromatic carbocycles. The average Bonchev–Trinajstić information content (AvgIpc) is 2.15. The van der Waals surface area contributed by atoms with Gasteiger partial charge in [0.2, 0.25) is 0 Å². The first kappa shape index (κ1) is 13.0. The van der Waals surface area contributed by atoms with Gasteiger partial charge in [0.15, 0.2) is 0 Å². The maximum absolute atomic E-state index is 7.39. The van der Waals surface area contributed by atoms with Gasteiger partial charge in [-0.3, -0.25) is 5.41 Å². The molecule has 0 atom stereocenters. The van der Waals surface area contributed by atoms with Gasteiger partial charge in [-0.25, -0.2) is 0 Å². The summed E-state index contributed by atoms with van der Waals surface area (Å²) in [6.07, 6.45) is 3.35. The minimum Gasteiger partial charge on any atom is -0.384 e. The van der Waals surface area contributed by atoms with Gasteiger partial charge in [-0.2, -0.15) is 0 Å². The lowest BCUT2D eigenvalue weighted by molar-refractivity contribution is 0.794. The zero-order valence-corrected chi connectivity index (χ0v) is 9.23. The molecule has 0 radical (unpaired) electrons. The Hall–Kier alpha value is -1.02. The van der Waals surface area contributed by atoms with E-state index >= 15 is 0 Å². The van der Waals surface area contributed by atoms with Gasteiger partial charge in [-0.15, -0.1) is 12.4 Å². The van der Waals surface area contributed by atoms with E-state index in [1.165, 1.54) is 12.0 Å². The summed E-state index contributed by atoms with van der Waals surface area (Å²) in [5.41, 5.74) is 7.55. The Balaban J connectivity index is 0.00000169. The van der Waals surface area contributed by atoms with E-state index in [4.69, 9.17) is 11.1 Å². The van der Waals surface area contributed by atoms with Crippen LogP contribution in [-0.2, 0) is 6.42 Å². The molecule has 0 heterocycles. The summed E-state index contributed by atoms with van der Waals surface area (Å²) in [7, 11) is 0. The molecule has 0 aliphatic carbocycles. The van der Waals surface area contributed by atoms with Crippen molar-refractivity contribution in [2.24, 2.45) is 5.73 Å². The molecule has 0 amide bonds. The van der Waals surface area contributed by atoms with Crippen molar-refractivity contribution in [3.63, 3.8) is 0 Å². The zero-order chi connectivity index (χ0) is 9.68. The molecule has 0 spiro atoms. The highest BCUT2D eigenvalue weighted by atomic mass is 35.5. The number of halogens is 1. The van der Waals surface area contributed by atoms with Crippen LogP contribution in [-0.4, -0.2) is 5.84 Å². The van der Waals surface area contributed by atoms with Crippen LogP contribution in [0.5, 0.6) is 0 Å². The van der Waals surface area contributed by atoms with E-state index in [0.717, 1.165) is 18.4 Å². The fraction of sp³-hybridized carbons (Fsp3) is 0.364. The van der Waals surface area contributed by atoms with Crippen molar-refractivity contribution in [3.8, 4) is 0 Å². The van der Waals surface area contributed by atoms with Gasteiger partial charge in [0.25, 0.3) is 0 Å². The lowest BCUT2D eigenvalue weighted by atomic mass is 10.0. The molecular weight excluding hydrogens is 196 g/mol. The van der Waals surface area contributed by atoms with Crippen molar-refractivity contribution in [1.82, 2.24) is 0 Å². The predicted octanol–water partition coefficient (Wildman–Crippen LogP) is 2.74. The molecule has 0 saturated carbocycles. The van der Waals surface area contributed by atoms with Gasteiger partial charge >= 0.3 is 0 Å². The van der Waals surface area contributed by atoms with E-state index in [1.807, 2.05) is 24.3 Å². The molecule has 78 valence electrons. The first-order valence-electron chi connectivity index (χ1n) is 4.68. The molecule has 0 unspecified atom stereocenters. The Morgan fingerprint density at radius 3 is 2.57 bits per heavy atom. The Kier molecular flexibility index (Phi) is 5.97. The normalized spacial score (nSPS) is 9.21. The van der Waals surface area contributed by atoms with Crippen molar-refractivity contribution in [2.75, 3.05) is 0 Å². The Labute approximate surface area is 91.4 Å². The average molecular weight is 213 g/mol. The molecule has 0 aliphatic rings. The smallest absolute Gasteiger partial charge is 0.123 e. The summed E-state index contributed by atoms with van der Waals surface area (Å²) in [6, 6.07) is 7.88. The summed E-state index contributed by atoms with van der Waals surface area (Å²) in [5.74, 6) is 0.173. The topological polar surface area (TPSA) is 49.9 Å². The minimum absolute atomic E-state index is 0. The van der Waals surface area contributed by atoms with Crippen molar-refractivity contribution >= 4 is 18.2 Å². The molecule has 14 heavy (non-hydrogen) atoms. The standard InChI is InChI=1S/C11H16N2.ClH/c1-2-3-6-9-7-4-5-8-10(9)11(12)13;/h4-5,7-8H,2-3,6H2,1H3,(H3,12,13);1H. The minimum atomic E-state index is 0. The molecule has 3 N–H and O–H groups in total. The van der Waals surface area contributed by atoms with Crippen molar-refractivity contribution < 1.29 is 0 Å². The van der Waals surface area contributed by atoms with Gasteiger partial charge in [0.1, 0.15) is 5.84 Å². The number of hydrogen-bond donors (Lipinski definition) is 2. The fourth-order valence-electron chi connectivity index (χ4n) is 1.37. The van der Waals surface area contributed by atoms with Crippen molar-refractivity contribution in [3.05, 3.63) is 35.4 Å². The first-order chi connectivity index (χ1) is 6.25. The number of amidine groups is 1. The number of rotatable bonds is 4. The van der Waals surface area contributed by atoms with Crippen LogP contribution in [0.1, 0.15) is 30.9 Å². The van der Waals surface area contributed by atoms with Crippen LogP contribution < -0.4 is 5.73 Å². The second kappa shape index (κ2) is 6.44. The molecule has 1 rings (SSSR count). The highest BCUT2D eigenvalue weighted by molar-refractivity contribution is 5.96. The number of hydrogen-bond acceptors (Lipinski definition) is 1. The number of unbranched alkanes of at least 4 members (excludes halogenated alkanes) is 1. The Bertz CT molecular complexity index is 297. The van der Waals surface area contributed by atoms with Crippen molar-refractivity contribution in [2.45, 2.75) is 26.2 Å². The third-order valence-electron chi connectivity index (χ3n) is 2.11. The van der Waals surface area contributed by atoms with E-state index in [9.17, 15) is 0 Å². The molecule has 0 aromatic heterocycles. The van der Waals surface area contributed by atoms with Crippen LogP contribution in [0.2, 0.25) is 0 Å². The molecule has 0 fully saturated rings. The molecule has 3 heteroatoms. The van der Waals surface area contributed by atoms with Gasteiger partial charge in [0.05, 0.1) is 0 Å². The lowest BCUT2D eigenvalue weighted by Gasteiger charge is -2.06. The highest BCUT2D eigenvalue weighted by Gasteiger charge is 2.02. The third kappa shape index (κ3) is 3.38. The lowest BCUT2D eigenvalue weighted by Crippen LogP contribution is -2.13.